The highest BCUT2D eigenvalue weighted by atomic mass is 35.5. The Hall–Kier alpha value is -2.00. The van der Waals surface area contributed by atoms with E-state index in [4.69, 9.17) is 34.8 Å². The lowest BCUT2D eigenvalue weighted by molar-refractivity contribution is -0.141. The molecule has 2 aromatic carbocycles. The van der Waals surface area contributed by atoms with Gasteiger partial charge in [-0.3, -0.25) is 13.9 Å². The molecule has 0 aliphatic carbocycles. The fourth-order valence-corrected chi connectivity index (χ4v) is 5.70. The highest BCUT2D eigenvalue weighted by Gasteiger charge is 2.30. The average Bonchev–Trinajstić information content (AvgIpc) is 2.79. The van der Waals surface area contributed by atoms with E-state index < -0.39 is 16.1 Å². The Balaban J connectivity index is 2.31. The van der Waals surface area contributed by atoms with Crippen molar-refractivity contribution in [2.75, 3.05) is 17.1 Å². The molecular formula is C26H34Cl3N3O4S. The second kappa shape index (κ2) is 13.7. The van der Waals surface area contributed by atoms with Crippen LogP contribution in [0.5, 0.6) is 0 Å². The van der Waals surface area contributed by atoms with Gasteiger partial charge in [0.1, 0.15) is 6.04 Å². The van der Waals surface area contributed by atoms with E-state index in [1.165, 1.54) is 9.21 Å². The van der Waals surface area contributed by atoms with E-state index in [-0.39, 0.29) is 43.8 Å². The van der Waals surface area contributed by atoms with Crippen LogP contribution in [0.15, 0.2) is 36.4 Å². The van der Waals surface area contributed by atoms with Crippen LogP contribution in [0.2, 0.25) is 15.1 Å². The third-order valence-electron chi connectivity index (χ3n) is 5.87. The summed E-state index contributed by atoms with van der Waals surface area (Å²) in [7, 11) is -3.63. The van der Waals surface area contributed by atoms with Crippen molar-refractivity contribution in [2.24, 2.45) is 0 Å². The van der Waals surface area contributed by atoms with E-state index in [0.717, 1.165) is 6.26 Å². The van der Waals surface area contributed by atoms with E-state index in [1.54, 1.807) is 43.3 Å². The van der Waals surface area contributed by atoms with Crippen LogP contribution in [-0.4, -0.2) is 50.0 Å². The molecule has 0 radical (unpaired) electrons. The number of hydrogen-bond donors (Lipinski definition) is 1. The molecule has 0 fully saturated rings. The molecule has 0 spiro atoms. The third-order valence-corrected chi connectivity index (χ3v) is 8.16. The molecule has 37 heavy (non-hydrogen) atoms. The van der Waals surface area contributed by atoms with Crippen LogP contribution in [0.3, 0.4) is 0 Å². The molecule has 0 heterocycles. The number of sulfonamides is 1. The molecule has 11 heteroatoms. The van der Waals surface area contributed by atoms with Crippen molar-refractivity contribution in [1.29, 1.82) is 0 Å². The van der Waals surface area contributed by atoms with Crippen molar-refractivity contribution in [3.05, 3.63) is 62.6 Å². The molecule has 1 atom stereocenters. The fraction of sp³-hybridized carbons (Fsp3) is 0.462. The number of rotatable bonds is 12. The highest BCUT2D eigenvalue weighted by molar-refractivity contribution is 7.92. The minimum absolute atomic E-state index is 0.0131. The first-order valence-corrected chi connectivity index (χ1v) is 15.0. The quantitative estimate of drug-likeness (QED) is 0.337. The largest absolute Gasteiger partial charge is 0.352 e. The Morgan fingerprint density at radius 1 is 1.00 bits per heavy atom. The lowest BCUT2D eigenvalue weighted by Gasteiger charge is -2.32. The van der Waals surface area contributed by atoms with E-state index in [2.05, 4.69) is 5.32 Å². The normalized spacial score (nSPS) is 12.4. The third kappa shape index (κ3) is 8.50. The van der Waals surface area contributed by atoms with Crippen LogP contribution in [0.4, 0.5) is 5.69 Å². The zero-order chi connectivity index (χ0) is 27.9. The lowest BCUT2D eigenvalue weighted by Crippen LogP contribution is -2.50. The molecule has 0 bridgehead atoms. The standard InChI is InChI=1S/C26H34Cl3N3O4S/c1-6-23(26(34)30-17(2)3)31(16-19-21(28)11-7-12-22(19)29)25(33)14-9-15-32(37(5,35)36)24-13-8-10-20(27)18(24)4/h7-8,10-13,17,23H,6,9,14-16H2,1-5H3,(H,30,34). The van der Waals surface area contributed by atoms with Gasteiger partial charge in [-0.25, -0.2) is 8.42 Å². The van der Waals surface area contributed by atoms with Crippen molar-refractivity contribution >= 4 is 62.3 Å². The van der Waals surface area contributed by atoms with Gasteiger partial charge in [-0.15, -0.1) is 0 Å². The maximum atomic E-state index is 13.5. The van der Waals surface area contributed by atoms with Gasteiger partial charge < -0.3 is 10.2 Å². The molecule has 0 saturated carbocycles. The van der Waals surface area contributed by atoms with Crippen molar-refractivity contribution in [3.8, 4) is 0 Å². The van der Waals surface area contributed by atoms with Crippen LogP contribution in [0.25, 0.3) is 0 Å². The average molecular weight is 591 g/mol. The molecule has 0 aliphatic heterocycles. The first-order chi connectivity index (χ1) is 17.3. The number of halogens is 3. The summed E-state index contributed by atoms with van der Waals surface area (Å²) in [6.07, 6.45) is 1.74. The Labute approximate surface area is 235 Å². The Kier molecular flexibility index (Phi) is 11.6. The van der Waals surface area contributed by atoms with E-state index >= 15 is 0 Å². The Bertz CT molecular complexity index is 1200. The monoisotopic (exact) mass is 589 g/mol. The number of carbonyl (C=O) groups is 2. The molecule has 1 unspecified atom stereocenters. The van der Waals surface area contributed by atoms with Gasteiger partial charge in [0.25, 0.3) is 0 Å². The van der Waals surface area contributed by atoms with E-state index in [1.807, 2.05) is 20.8 Å². The summed E-state index contributed by atoms with van der Waals surface area (Å²) in [5, 5.41) is 4.11. The van der Waals surface area contributed by atoms with Crippen LogP contribution >= 0.6 is 34.8 Å². The first kappa shape index (κ1) is 31.2. The number of anilines is 1. The predicted molar refractivity (Wildman–Crippen MR) is 152 cm³/mol. The maximum Gasteiger partial charge on any atom is 0.243 e. The topological polar surface area (TPSA) is 86.8 Å². The number of nitrogens with zero attached hydrogens (tertiary/aromatic N) is 2. The minimum atomic E-state index is -3.63. The van der Waals surface area contributed by atoms with Crippen LogP contribution in [0.1, 0.15) is 51.2 Å². The fourth-order valence-electron chi connectivity index (χ4n) is 4.00. The second-order valence-electron chi connectivity index (χ2n) is 9.13. The van der Waals surface area contributed by atoms with Gasteiger partial charge in [0.15, 0.2) is 0 Å². The zero-order valence-electron chi connectivity index (χ0n) is 21.7. The number of carbonyl (C=O) groups excluding carboxylic acids is 2. The molecule has 0 aromatic heterocycles. The molecule has 0 aliphatic rings. The summed E-state index contributed by atoms with van der Waals surface area (Å²) in [4.78, 5) is 28.0. The van der Waals surface area contributed by atoms with E-state index in [9.17, 15) is 18.0 Å². The molecule has 2 rings (SSSR count). The van der Waals surface area contributed by atoms with Gasteiger partial charge in [-0.2, -0.15) is 0 Å². The van der Waals surface area contributed by atoms with Crippen molar-refractivity contribution in [3.63, 3.8) is 0 Å². The summed E-state index contributed by atoms with van der Waals surface area (Å²) in [6, 6.07) is 9.27. The number of amides is 2. The van der Waals surface area contributed by atoms with Gasteiger partial charge in [-0.05, 0) is 63.4 Å². The summed E-state index contributed by atoms with van der Waals surface area (Å²) in [5.41, 5.74) is 1.64. The number of hydrogen-bond acceptors (Lipinski definition) is 4. The van der Waals surface area contributed by atoms with E-state index in [0.29, 0.717) is 38.3 Å². The molecule has 1 N–H and O–H groups in total. The second-order valence-corrected chi connectivity index (χ2v) is 12.3. The van der Waals surface area contributed by atoms with Gasteiger partial charge in [0, 0.05) is 46.2 Å². The molecule has 204 valence electrons. The van der Waals surface area contributed by atoms with Gasteiger partial charge in [0.05, 0.1) is 11.9 Å². The van der Waals surface area contributed by atoms with Gasteiger partial charge >= 0.3 is 0 Å². The summed E-state index contributed by atoms with van der Waals surface area (Å²) < 4.78 is 26.4. The van der Waals surface area contributed by atoms with Gasteiger partial charge in [-0.1, -0.05) is 53.9 Å². The van der Waals surface area contributed by atoms with Crippen LogP contribution < -0.4 is 9.62 Å². The highest BCUT2D eigenvalue weighted by Crippen LogP contribution is 2.29. The van der Waals surface area contributed by atoms with Crippen molar-refractivity contribution < 1.29 is 18.0 Å². The minimum Gasteiger partial charge on any atom is -0.352 e. The number of nitrogens with one attached hydrogen (secondary N) is 1. The predicted octanol–water partition coefficient (Wildman–Crippen LogP) is 5.83. The maximum absolute atomic E-state index is 13.5. The molecule has 7 nitrogen and oxygen atoms in total. The van der Waals surface area contributed by atoms with Crippen LogP contribution in [0, 0.1) is 6.92 Å². The summed E-state index contributed by atoms with van der Waals surface area (Å²) in [5.74, 6) is -0.584. The number of benzene rings is 2. The summed E-state index contributed by atoms with van der Waals surface area (Å²) in [6.45, 7) is 7.38. The molecule has 0 saturated heterocycles. The first-order valence-electron chi connectivity index (χ1n) is 12.0. The summed E-state index contributed by atoms with van der Waals surface area (Å²) >= 11 is 19.0. The lowest BCUT2D eigenvalue weighted by atomic mass is 10.1. The smallest absolute Gasteiger partial charge is 0.243 e. The van der Waals surface area contributed by atoms with Crippen molar-refractivity contribution in [2.45, 2.75) is 65.6 Å². The van der Waals surface area contributed by atoms with Crippen molar-refractivity contribution in [1.82, 2.24) is 10.2 Å². The molecule has 2 amide bonds. The molecular weight excluding hydrogens is 557 g/mol. The zero-order valence-corrected chi connectivity index (χ0v) is 24.8. The van der Waals surface area contributed by atoms with Crippen LogP contribution in [-0.2, 0) is 26.2 Å². The molecule has 2 aromatic rings. The Morgan fingerprint density at radius 2 is 1.57 bits per heavy atom. The SMILES string of the molecule is CCC(C(=O)NC(C)C)N(Cc1c(Cl)cccc1Cl)C(=O)CCCN(c1cccc(Cl)c1C)S(C)(=O)=O. The Morgan fingerprint density at radius 3 is 2.11 bits per heavy atom. The van der Waals surface area contributed by atoms with Gasteiger partial charge in [0.2, 0.25) is 21.8 Å².